The third kappa shape index (κ3) is 2.49. The highest BCUT2D eigenvalue weighted by Crippen LogP contribution is 2.42. The summed E-state index contributed by atoms with van der Waals surface area (Å²) in [5, 5.41) is 5.67. The fourth-order valence-electron chi connectivity index (χ4n) is 4.60. The molecule has 0 saturated heterocycles. The average Bonchev–Trinajstić information content (AvgIpc) is 3.15. The molecule has 0 amide bonds. The van der Waals surface area contributed by atoms with E-state index in [-0.39, 0.29) is 0 Å². The minimum Gasteiger partial charge on any atom is -0.308 e. The molecule has 1 nitrogen and oxygen atoms in total. The van der Waals surface area contributed by atoms with E-state index in [0.29, 0.717) is 0 Å². The maximum atomic E-state index is 6.76. The number of aromatic nitrogens is 1. The van der Waals surface area contributed by atoms with Gasteiger partial charge in [0.25, 0.3) is 0 Å². The molecule has 6 rings (SSSR count). The molecule has 0 N–H and O–H groups in total. The Bertz CT molecular complexity index is 1540. The van der Waals surface area contributed by atoms with Crippen molar-refractivity contribution in [3.63, 3.8) is 0 Å². The molecular weight excluding hydrogens is 386 g/mol. The van der Waals surface area contributed by atoms with Gasteiger partial charge in [-0.2, -0.15) is 0 Å². The van der Waals surface area contributed by atoms with Crippen LogP contribution in [-0.2, 0) is 0 Å². The maximum Gasteiger partial charge on any atom is 0.0727 e. The fraction of sp³-hybridized carbons (Fsp3) is 0. The van der Waals surface area contributed by atoms with E-state index in [1.54, 1.807) is 0 Å². The van der Waals surface area contributed by atoms with Gasteiger partial charge in [-0.25, -0.2) is 0 Å². The van der Waals surface area contributed by atoms with Gasteiger partial charge in [-0.1, -0.05) is 96.5 Å². The second-order valence-electron chi connectivity index (χ2n) is 7.53. The number of hydrogen-bond donors (Lipinski definition) is 0. The van der Waals surface area contributed by atoms with E-state index in [9.17, 15) is 0 Å². The largest absolute Gasteiger partial charge is 0.308 e. The van der Waals surface area contributed by atoms with Crippen LogP contribution in [0.25, 0.3) is 49.4 Å². The highest BCUT2D eigenvalue weighted by molar-refractivity contribution is 6.37. The van der Waals surface area contributed by atoms with E-state index >= 15 is 0 Å². The van der Waals surface area contributed by atoms with E-state index in [2.05, 4.69) is 95.6 Å². The van der Waals surface area contributed by atoms with Crippen molar-refractivity contribution in [3.8, 4) is 16.8 Å². The van der Waals surface area contributed by atoms with Gasteiger partial charge in [0.1, 0.15) is 0 Å². The van der Waals surface area contributed by atoms with Gasteiger partial charge in [-0.3, -0.25) is 0 Å². The third-order valence-corrected chi connectivity index (χ3v) is 6.16. The summed E-state index contributed by atoms with van der Waals surface area (Å²) < 4.78 is 2.28. The molecule has 0 aliphatic carbocycles. The first-order valence-corrected chi connectivity index (χ1v) is 10.5. The summed E-state index contributed by atoms with van der Waals surface area (Å²) >= 11 is 6.76. The van der Waals surface area contributed by atoms with Crippen LogP contribution in [0.15, 0.2) is 109 Å². The Balaban J connectivity index is 1.81. The fourth-order valence-corrected chi connectivity index (χ4v) is 4.86. The molecule has 0 radical (unpaired) electrons. The molecule has 0 fully saturated rings. The quantitative estimate of drug-likeness (QED) is 0.274. The summed E-state index contributed by atoms with van der Waals surface area (Å²) in [4.78, 5) is 0. The molecule has 142 valence electrons. The first-order chi connectivity index (χ1) is 14.8. The maximum absolute atomic E-state index is 6.76. The van der Waals surface area contributed by atoms with E-state index in [4.69, 9.17) is 11.6 Å². The van der Waals surface area contributed by atoms with Gasteiger partial charge in [0, 0.05) is 16.5 Å². The summed E-state index contributed by atoms with van der Waals surface area (Å²) in [6.07, 6.45) is 0. The zero-order valence-corrected chi connectivity index (χ0v) is 17.0. The zero-order chi connectivity index (χ0) is 20.1. The number of rotatable bonds is 2. The lowest BCUT2D eigenvalue weighted by Crippen LogP contribution is -1.93. The van der Waals surface area contributed by atoms with Crippen LogP contribution in [0.3, 0.4) is 0 Å². The Kier molecular flexibility index (Phi) is 3.90. The van der Waals surface area contributed by atoms with Crippen molar-refractivity contribution in [1.29, 1.82) is 0 Å². The van der Waals surface area contributed by atoms with Crippen molar-refractivity contribution < 1.29 is 0 Å². The Morgan fingerprint density at radius 1 is 0.533 bits per heavy atom. The SMILES string of the molecule is Clc1cccc2c3c(-c4cccc5ccccc45)cccc3n(-c3ccccc3)c12. The van der Waals surface area contributed by atoms with Crippen LogP contribution in [0.2, 0.25) is 5.02 Å². The Labute approximate surface area is 179 Å². The number of nitrogens with zero attached hydrogens (tertiary/aromatic N) is 1. The van der Waals surface area contributed by atoms with Crippen LogP contribution in [0.4, 0.5) is 0 Å². The summed E-state index contributed by atoms with van der Waals surface area (Å²) in [6, 6.07) is 38.3. The van der Waals surface area contributed by atoms with Crippen molar-refractivity contribution in [2.45, 2.75) is 0 Å². The molecule has 6 aromatic rings. The predicted molar refractivity (Wildman–Crippen MR) is 129 cm³/mol. The lowest BCUT2D eigenvalue weighted by Gasteiger charge is -2.10. The van der Waals surface area contributed by atoms with Gasteiger partial charge < -0.3 is 4.57 Å². The Hall–Kier alpha value is -3.55. The minimum absolute atomic E-state index is 0.761. The van der Waals surface area contributed by atoms with Crippen molar-refractivity contribution in [1.82, 2.24) is 4.57 Å². The van der Waals surface area contributed by atoms with Gasteiger partial charge in [0.2, 0.25) is 0 Å². The van der Waals surface area contributed by atoms with Gasteiger partial charge in [0.05, 0.1) is 16.1 Å². The first-order valence-electron chi connectivity index (χ1n) is 10.1. The van der Waals surface area contributed by atoms with Gasteiger partial charge in [0.15, 0.2) is 0 Å². The number of halogens is 1. The van der Waals surface area contributed by atoms with Crippen molar-refractivity contribution in [2.75, 3.05) is 0 Å². The summed E-state index contributed by atoms with van der Waals surface area (Å²) in [5.74, 6) is 0. The third-order valence-electron chi connectivity index (χ3n) is 5.86. The van der Waals surface area contributed by atoms with Crippen LogP contribution in [-0.4, -0.2) is 4.57 Å². The number of fused-ring (bicyclic) bond motifs is 4. The van der Waals surface area contributed by atoms with Gasteiger partial charge in [-0.15, -0.1) is 0 Å². The van der Waals surface area contributed by atoms with E-state index < -0.39 is 0 Å². The minimum atomic E-state index is 0.761. The monoisotopic (exact) mass is 403 g/mol. The van der Waals surface area contributed by atoms with Crippen molar-refractivity contribution in [3.05, 3.63) is 114 Å². The van der Waals surface area contributed by atoms with Crippen LogP contribution < -0.4 is 0 Å². The highest BCUT2D eigenvalue weighted by atomic mass is 35.5. The van der Waals surface area contributed by atoms with Crippen molar-refractivity contribution in [2.24, 2.45) is 0 Å². The molecule has 2 heteroatoms. The van der Waals surface area contributed by atoms with E-state index in [1.165, 1.54) is 32.7 Å². The van der Waals surface area contributed by atoms with E-state index in [0.717, 1.165) is 21.7 Å². The molecule has 0 aliphatic heterocycles. The second-order valence-corrected chi connectivity index (χ2v) is 7.94. The first kappa shape index (κ1) is 17.3. The normalized spacial score (nSPS) is 11.5. The van der Waals surface area contributed by atoms with Crippen LogP contribution in [0, 0.1) is 0 Å². The average molecular weight is 404 g/mol. The van der Waals surface area contributed by atoms with Gasteiger partial charge >= 0.3 is 0 Å². The molecule has 0 bridgehead atoms. The smallest absolute Gasteiger partial charge is 0.0727 e. The summed E-state index contributed by atoms with van der Waals surface area (Å²) in [7, 11) is 0. The van der Waals surface area contributed by atoms with Crippen molar-refractivity contribution >= 4 is 44.2 Å². The molecule has 5 aromatic carbocycles. The Morgan fingerprint density at radius 2 is 1.20 bits per heavy atom. The lowest BCUT2D eigenvalue weighted by molar-refractivity contribution is 1.18. The molecule has 0 saturated carbocycles. The zero-order valence-electron chi connectivity index (χ0n) is 16.2. The molecule has 0 atom stereocenters. The molecule has 0 spiro atoms. The number of benzene rings is 5. The summed E-state index contributed by atoms with van der Waals surface area (Å²) in [5.41, 5.74) is 5.79. The second kappa shape index (κ2) is 6.76. The Morgan fingerprint density at radius 3 is 2.10 bits per heavy atom. The topological polar surface area (TPSA) is 4.93 Å². The highest BCUT2D eigenvalue weighted by Gasteiger charge is 2.18. The van der Waals surface area contributed by atoms with Crippen LogP contribution >= 0.6 is 11.6 Å². The molecule has 0 aliphatic rings. The molecule has 1 aromatic heterocycles. The molecule has 30 heavy (non-hydrogen) atoms. The molecule has 1 heterocycles. The number of para-hydroxylation sites is 2. The van der Waals surface area contributed by atoms with Gasteiger partial charge in [-0.05, 0) is 46.2 Å². The molecule has 0 unspecified atom stereocenters. The predicted octanol–water partition coefficient (Wildman–Crippen LogP) is 8.26. The summed E-state index contributed by atoms with van der Waals surface area (Å²) in [6.45, 7) is 0. The lowest BCUT2D eigenvalue weighted by atomic mass is 9.95. The standard InChI is InChI=1S/C28H18ClN/c29-25-17-7-16-24-27-23(22-14-6-10-19-9-4-5-13-21(19)22)15-8-18-26(27)30(28(24)25)20-11-2-1-3-12-20/h1-18H. The number of hydrogen-bond acceptors (Lipinski definition) is 0. The van der Waals surface area contributed by atoms with Crippen LogP contribution in [0.1, 0.15) is 0 Å². The molecular formula is C28H18ClN. The van der Waals surface area contributed by atoms with Crippen LogP contribution in [0.5, 0.6) is 0 Å². The van der Waals surface area contributed by atoms with E-state index in [1.807, 2.05) is 18.2 Å².